The van der Waals surface area contributed by atoms with Gasteiger partial charge in [-0.15, -0.1) is 0 Å². The SMILES string of the molecule is CCCCCN(C)CCOC(=O)N(CC)CC. The van der Waals surface area contributed by atoms with Crippen molar-refractivity contribution < 1.29 is 9.53 Å². The summed E-state index contributed by atoms with van der Waals surface area (Å²) in [6, 6.07) is 0. The molecule has 17 heavy (non-hydrogen) atoms. The van der Waals surface area contributed by atoms with Gasteiger partial charge >= 0.3 is 6.09 Å². The maximum absolute atomic E-state index is 11.5. The van der Waals surface area contributed by atoms with Crippen LogP contribution in [0.2, 0.25) is 0 Å². The van der Waals surface area contributed by atoms with Crippen LogP contribution in [0.4, 0.5) is 4.79 Å². The molecule has 0 aromatic heterocycles. The van der Waals surface area contributed by atoms with Crippen LogP contribution in [0.1, 0.15) is 40.0 Å². The number of rotatable bonds is 9. The third-order valence-electron chi connectivity index (χ3n) is 2.86. The van der Waals surface area contributed by atoms with E-state index >= 15 is 0 Å². The van der Waals surface area contributed by atoms with E-state index in [0.29, 0.717) is 19.7 Å². The molecular weight excluding hydrogens is 216 g/mol. The molecule has 102 valence electrons. The lowest BCUT2D eigenvalue weighted by molar-refractivity contribution is 0.0967. The summed E-state index contributed by atoms with van der Waals surface area (Å²) in [4.78, 5) is 15.4. The minimum atomic E-state index is -0.197. The van der Waals surface area contributed by atoms with Crippen LogP contribution >= 0.6 is 0 Å². The van der Waals surface area contributed by atoms with Crippen LogP contribution in [0.5, 0.6) is 0 Å². The summed E-state index contributed by atoms with van der Waals surface area (Å²) in [5.41, 5.74) is 0. The Morgan fingerprint density at radius 2 is 1.71 bits per heavy atom. The topological polar surface area (TPSA) is 32.8 Å². The molecule has 0 heterocycles. The third-order valence-corrected chi connectivity index (χ3v) is 2.86. The number of hydrogen-bond donors (Lipinski definition) is 0. The first-order valence-electron chi connectivity index (χ1n) is 6.75. The van der Waals surface area contributed by atoms with E-state index in [-0.39, 0.29) is 6.09 Å². The van der Waals surface area contributed by atoms with E-state index in [0.717, 1.165) is 13.1 Å². The second-order valence-corrected chi connectivity index (χ2v) is 4.30. The van der Waals surface area contributed by atoms with Crippen molar-refractivity contribution in [1.82, 2.24) is 9.80 Å². The molecule has 0 bridgehead atoms. The normalized spacial score (nSPS) is 10.6. The fraction of sp³-hybridized carbons (Fsp3) is 0.923. The second kappa shape index (κ2) is 10.4. The van der Waals surface area contributed by atoms with Crippen molar-refractivity contribution in [2.45, 2.75) is 40.0 Å². The predicted molar refractivity (Wildman–Crippen MR) is 71.3 cm³/mol. The van der Waals surface area contributed by atoms with Gasteiger partial charge in [-0.05, 0) is 33.9 Å². The van der Waals surface area contributed by atoms with Crippen molar-refractivity contribution in [3.63, 3.8) is 0 Å². The van der Waals surface area contributed by atoms with Crippen molar-refractivity contribution in [3.8, 4) is 0 Å². The quantitative estimate of drug-likeness (QED) is 0.584. The Bertz CT molecular complexity index is 194. The maximum atomic E-state index is 11.5. The van der Waals surface area contributed by atoms with Gasteiger partial charge in [-0.2, -0.15) is 0 Å². The number of carbonyl (C=O) groups is 1. The molecule has 0 aliphatic heterocycles. The highest BCUT2D eigenvalue weighted by Gasteiger charge is 2.10. The van der Waals surface area contributed by atoms with Gasteiger partial charge in [-0.25, -0.2) is 4.79 Å². The monoisotopic (exact) mass is 244 g/mol. The Morgan fingerprint density at radius 1 is 1.06 bits per heavy atom. The number of ether oxygens (including phenoxy) is 1. The highest BCUT2D eigenvalue weighted by atomic mass is 16.6. The van der Waals surface area contributed by atoms with Crippen molar-refractivity contribution in [3.05, 3.63) is 0 Å². The Kier molecular flexibility index (Phi) is 9.92. The first-order chi connectivity index (χ1) is 8.15. The summed E-state index contributed by atoms with van der Waals surface area (Å²) >= 11 is 0. The highest BCUT2D eigenvalue weighted by molar-refractivity contribution is 5.67. The highest BCUT2D eigenvalue weighted by Crippen LogP contribution is 1.97. The molecule has 0 saturated carbocycles. The van der Waals surface area contributed by atoms with Gasteiger partial charge in [0.15, 0.2) is 0 Å². The number of hydrogen-bond acceptors (Lipinski definition) is 3. The molecule has 0 atom stereocenters. The molecule has 0 spiro atoms. The number of unbranched alkanes of at least 4 members (excludes halogenated alkanes) is 2. The fourth-order valence-electron chi connectivity index (χ4n) is 1.61. The zero-order chi connectivity index (χ0) is 13.1. The molecular formula is C13H28N2O2. The molecule has 0 N–H and O–H groups in total. The van der Waals surface area contributed by atoms with Gasteiger partial charge in [0, 0.05) is 19.6 Å². The van der Waals surface area contributed by atoms with Gasteiger partial charge in [0.2, 0.25) is 0 Å². The van der Waals surface area contributed by atoms with Gasteiger partial charge in [-0.3, -0.25) is 0 Å². The van der Waals surface area contributed by atoms with Gasteiger partial charge in [0.05, 0.1) is 0 Å². The van der Waals surface area contributed by atoms with E-state index in [1.54, 1.807) is 4.90 Å². The van der Waals surface area contributed by atoms with E-state index in [4.69, 9.17) is 4.74 Å². The summed E-state index contributed by atoms with van der Waals surface area (Å²) in [6.45, 7) is 9.92. The average Bonchev–Trinajstić information content (AvgIpc) is 2.31. The molecule has 0 rings (SSSR count). The van der Waals surface area contributed by atoms with E-state index in [9.17, 15) is 4.79 Å². The smallest absolute Gasteiger partial charge is 0.409 e. The molecule has 0 aliphatic rings. The Morgan fingerprint density at radius 3 is 2.24 bits per heavy atom. The fourth-order valence-corrected chi connectivity index (χ4v) is 1.61. The van der Waals surface area contributed by atoms with Crippen LogP contribution in [0.25, 0.3) is 0 Å². The Hall–Kier alpha value is -0.770. The minimum Gasteiger partial charge on any atom is -0.448 e. The van der Waals surface area contributed by atoms with Crippen LogP contribution in [-0.4, -0.2) is 55.7 Å². The Balaban J connectivity index is 3.58. The zero-order valence-corrected chi connectivity index (χ0v) is 11.9. The average molecular weight is 244 g/mol. The molecule has 0 unspecified atom stereocenters. The van der Waals surface area contributed by atoms with Gasteiger partial charge in [0.25, 0.3) is 0 Å². The van der Waals surface area contributed by atoms with E-state index < -0.39 is 0 Å². The van der Waals surface area contributed by atoms with Crippen molar-refractivity contribution in [1.29, 1.82) is 0 Å². The van der Waals surface area contributed by atoms with Crippen molar-refractivity contribution >= 4 is 6.09 Å². The van der Waals surface area contributed by atoms with Gasteiger partial charge in [0.1, 0.15) is 6.61 Å². The largest absolute Gasteiger partial charge is 0.448 e. The van der Waals surface area contributed by atoms with Gasteiger partial charge in [-0.1, -0.05) is 19.8 Å². The molecule has 0 aromatic carbocycles. The molecule has 0 saturated heterocycles. The number of likely N-dealkylation sites (N-methyl/N-ethyl adjacent to an activating group) is 1. The lowest BCUT2D eigenvalue weighted by Gasteiger charge is -2.20. The summed E-state index contributed by atoms with van der Waals surface area (Å²) in [5, 5.41) is 0. The van der Waals surface area contributed by atoms with E-state index in [1.165, 1.54) is 19.3 Å². The van der Waals surface area contributed by atoms with Crippen LogP contribution < -0.4 is 0 Å². The molecule has 4 heteroatoms. The third kappa shape index (κ3) is 8.02. The first-order valence-corrected chi connectivity index (χ1v) is 6.75. The molecule has 0 aliphatic carbocycles. The second-order valence-electron chi connectivity index (χ2n) is 4.30. The first kappa shape index (κ1) is 16.2. The molecule has 0 fully saturated rings. The van der Waals surface area contributed by atoms with E-state index in [2.05, 4.69) is 18.9 Å². The van der Waals surface area contributed by atoms with Gasteiger partial charge < -0.3 is 14.5 Å². The lowest BCUT2D eigenvalue weighted by Crippen LogP contribution is -2.33. The molecule has 4 nitrogen and oxygen atoms in total. The lowest BCUT2D eigenvalue weighted by atomic mass is 10.2. The molecule has 1 amide bonds. The van der Waals surface area contributed by atoms with Crippen LogP contribution in [0.3, 0.4) is 0 Å². The van der Waals surface area contributed by atoms with Crippen LogP contribution in [-0.2, 0) is 4.74 Å². The molecule has 0 aromatic rings. The standard InChI is InChI=1S/C13H28N2O2/c1-5-8-9-10-14(4)11-12-17-13(16)15(6-2)7-3/h5-12H2,1-4H3. The molecule has 0 radical (unpaired) electrons. The summed E-state index contributed by atoms with van der Waals surface area (Å²) in [7, 11) is 2.07. The summed E-state index contributed by atoms with van der Waals surface area (Å²) < 4.78 is 5.21. The van der Waals surface area contributed by atoms with Crippen molar-refractivity contribution in [2.24, 2.45) is 0 Å². The zero-order valence-electron chi connectivity index (χ0n) is 11.9. The van der Waals surface area contributed by atoms with Crippen molar-refractivity contribution in [2.75, 3.05) is 39.8 Å². The predicted octanol–water partition coefficient (Wildman–Crippen LogP) is 2.59. The van der Waals surface area contributed by atoms with Crippen LogP contribution in [0.15, 0.2) is 0 Å². The number of amides is 1. The summed E-state index contributed by atoms with van der Waals surface area (Å²) in [5.74, 6) is 0. The number of carbonyl (C=O) groups excluding carboxylic acids is 1. The Labute approximate surface area is 106 Å². The number of nitrogens with zero attached hydrogens (tertiary/aromatic N) is 2. The summed E-state index contributed by atoms with van der Waals surface area (Å²) in [6.07, 6.45) is 3.53. The van der Waals surface area contributed by atoms with E-state index in [1.807, 2.05) is 13.8 Å². The maximum Gasteiger partial charge on any atom is 0.409 e. The van der Waals surface area contributed by atoms with Crippen LogP contribution in [0, 0.1) is 0 Å². The minimum absolute atomic E-state index is 0.197.